The Morgan fingerprint density at radius 3 is 2.61 bits per heavy atom. The largest absolute Gasteiger partial charge is 0.545 e. The normalized spacial score (nSPS) is 15.7. The number of carbonyl (C=O) groups is 2. The van der Waals surface area contributed by atoms with E-state index in [4.69, 9.17) is 4.74 Å². The summed E-state index contributed by atoms with van der Waals surface area (Å²) in [4.78, 5) is 24.7. The van der Waals surface area contributed by atoms with Crippen molar-refractivity contribution in [1.29, 1.82) is 0 Å². The van der Waals surface area contributed by atoms with Gasteiger partial charge in [-0.1, -0.05) is 18.2 Å². The molecular weight excluding hydrogens is 314 g/mol. The number of rotatable bonds is 3. The Labute approximate surface area is 137 Å². The number of thiophene rings is 1. The average Bonchev–Trinajstić information content (AvgIpc) is 2.84. The molecule has 1 N–H and O–H groups in total. The number of aromatic carboxylic acids is 1. The van der Waals surface area contributed by atoms with Crippen molar-refractivity contribution < 1.29 is 19.4 Å². The number of carbonyl (C=O) groups excluding carboxylic acids is 2. The number of carboxylic acids is 1. The van der Waals surface area contributed by atoms with Gasteiger partial charge in [0.15, 0.2) is 0 Å². The quantitative estimate of drug-likeness (QED) is 0.936. The number of hydrogen-bond acceptors (Lipinski definition) is 5. The molecule has 0 unspecified atom stereocenters. The molecule has 0 atom stereocenters. The average molecular weight is 330 g/mol. The van der Waals surface area contributed by atoms with E-state index in [9.17, 15) is 14.7 Å². The minimum absolute atomic E-state index is 0.0747. The van der Waals surface area contributed by atoms with E-state index in [-0.39, 0.29) is 11.5 Å². The highest BCUT2D eigenvalue weighted by atomic mass is 32.1. The molecule has 0 saturated heterocycles. The lowest BCUT2D eigenvalue weighted by molar-refractivity contribution is -0.255. The van der Waals surface area contributed by atoms with Crippen molar-refractivity contribution in [3.8, 4) is 0 Å². The third-order valence-electron chi connectivity index (χ3n) is 3.75. The number of carboxylic acid groups (broad SMARTS) is 1. The molecular formula is C17H16NO4S-. The van der Waals surface area contributed by atoms with Crippen LogP contribution in [0.2, 0.25) is 0 Å². The van der Waals surface area contributed by atoms with Gasteiger partial charge < -0.3 is 20.0 Å². The molecule has 1 amide bonds. The van der Waals surface area contributed by atoms with Gasteiger partial charge in [-0.25, -0.2) is 0 Å². The van der Waals surface area contributed by atoms with Crippen LogP contribution in [0.3, 0.4) is 0 Å². The topological polar surface area (TPSA) is 78.5 Å². The zero-order valence-electron chi connectivity index (χ0n) is 12.8. The minimum atomic E-state index is -1.27. The summed E-state index contributed by atoms with van der Waals surface area (Å²) in [6, 6.07) is 8.67. The van der Waals surface area contributed by atoms with Gasteiger partial charge in [-0.2, -0.15) is 0 Å². The molecule has 0 radical (unpaired) electrons. The van der Waals surface area contributed by atoms with E-state index in [1.165, 1.54) is 11.3 Å². The zero-order valence-corrected chi connectivity index (χ0v) is 13.7. The van der Waals surface area contributed by atoms with E-state index in [0.29, 0.717) is 29.2 Å². The SMILES string of the molecule is CC1(C)Cc2c(sc(NC(=O)c3ccccc3)c2C(=O)[O-])CO1. The number of ether oxygens (including phenoxy) is 1. The van der Waals surface area contributed by atoms with Gasteiger partial charge in [-0.15, -0.1) is 11.3 Å². The lowest BCUT2D eigenvalue weighted by atomic mass is 9.93. The van der Waals surface area contributed by atoms with E-state index in [1.807, 2.05) is 19.9 Å². The summed E-state index contributed by atoms with van der Waals surface area (Å²) in [7, 11) is 0. The van der Waals surface area contributed by atoms with Crippen LogP contribution < -0.4 is 10.4 Å². The Morgan fingerprint density at radius 2 is 1.96 bits per heavy atom. The van der Waals surface area contributed by atoms with Crippen LogP contribution in [0.4, 0.5) is 5.00 Å². The lowest BCUT2D eigenvalue weighted by Crippen LogP contribution is -2.33. The predicted octanol–water partition coefficient (Wildman–Crippen LogP) is 2.22. The summed E-state index contributed by atoms with van der Waals surface area (Å²) in [5, 5.41) is 14.6. The second-order valence-electron chi connectivity index (χ2n) is 6.04. The molecule has 0 aliphatic carbocycles. The second-order valence-corrected chi connectivity index (χ2v) is 7.15. The van der Waals surface area contributed by atoms with Crippen LogP contribution in [0.15, 0.2) is 30.3 Å². The number of nitrogens with one attached hydrogen (secondary N) is 1. The van der Waals surface area contributed by atoms with Crippen molar-refractivity contribution in [2.24, 2.45) is 0 Å². The summed E-state index contributed by atoms with van der Waals surface area (Å²) in [5.41, 5.74) is 0.818. The van der Waals surface area contributed by atoms with Gasteiger partial charge in [0, 0.05) is 22.4 Å². The van der Waals surface area contributed by atoms with Gasteiger partial charge in [-0.3, -0.25) is 4.79 Å². The van der Waals surface area contributed by atoms with E-state index < -0.39 is 11.6 Å². The molecule has 1 aliphatic rings. The molecule has 2 heterocycles. The van der Waals surface area contributed by atoms with Crippen molar-refractivity contribution >= 4 is 28.2 Å². The monoisotopic (exact) mass is 330 g/mol. The van der Waals surface area contributed by atoms with Crippen molar-refractivity contribution in [1.82, 2.24) is 0 Å². The Hall–Kier alpha value is -2.18. The summed E-state index contributed by atoms with van der Waals surface area (Å²) in [6.45, 7) is 4.16. The first-order valence-corrected chi connectivity index (χ1v) is 8.05. The molecule has 1 aliphatic heterocycles. The lowest BCUT2D eigenvalue weighted by Gasteiger charge is -2.30. The molecule has 6 heteroatoms. The third-order valence-corrected chi connectivity index (χ3v) is 4.88. The second kappa shape index (κ2) is 5.79. The number of hydrogen-bond donors (Lipinski definition) is 1. The van der Waals surface area contributed by atoms with E-state index in [0.717, 1.165) is 4.88 Å². The zero-order chi connectivity index (χ0) is 16.6. The molecule has 3 rings (SSSR count). The third kappa shape index (κ3) is 3.13. The van der Waals surface area contributed by atoms with E-state index >= 15 is 0 Å². The maximum absolute atomic E-state index is 12.3. The van der Waals surface area contributed by atoms with Gasteiger partial charge in [0.05, 0.1) is 18.2 Å². The summed E-state index contributed by atoms with van der Waals surface area (Å²) >= 11 is 1.24. The molecule has 0 bridgehead atoms. The van der Waals surface area contributed by atoms with Crippen LogP contribution >= 0.6 is 11.3 Å². The summed E-state index contributed by atoms with van der Waals surface area (Å²) in [6.07, 6.45) is 0.476. The van der Waals surface area contributed by atoms with Gasteiger partial charge in [-0.05, 0) is 31.5 Å². The van der Waals surface area contributed by atoms with Crippen LogP contribution in [0.5, 0.6) is 0 Å². The van der Waals surface area contributed by atoms with Crippen molar-refractivity contribution in [3.63, 3.8) is 0 Å². The van der Waals surface area contributed by atoms with Gasteiger partial charge in [0.2, 0.25) is 0 Å². The van der Waals surface area contributed by atoms with Crippen molar-refractivity contribution in [2.75, 3.05) is 5.32 Å². The predicted molar refractivity (Wildman–Crippen MR) is 85.6 cm³/mol. The molecule has 0 saturated carbocycles. The molecule has 1 aromatic heterocycles. The highest BCUT2D eigenvalue weighted by Crippen LogP contribution is 2.40. The standard InChI is InChI=1S/C17H17NO4S/c1-17(2)8-11-12(9-22-17)23-15(13(11)16(20)21)18-14(19)10-6-4-3-5-7-10/h3-7H,8-9H2,1-2H3,(H,18,19)(H,20,21)/p-1. The molecule has 23 heavy (non-hydrogen) atoms. The first-order chi connectivity index (χ1) is 10.9. The summed E-state index contributed by atoms with van der Waals surface area (Å²) < 4.78 is 5.71. The Kier molecular flexibility index (Phi) is 3.95. The van der Waals surface area contributed by atoms with Crippen LogP contribution in [0.1, 0.15) is 45.0 Å². The van der Waals surface area contributed by atoms with Crippen LogP contribution in [-0.4, -0.2) is 17.5 Å². The minimum Gasteiger partial charge on any atom is -0.545 e. The maximum Gasteiger partial charge on any atom is 0.256 e. The van der Waals surface area contributed by atoms with E-state index in [1.54, 1.807) is 24.3 Å². The molecule has 120 valence electrons. The fourth-order valence-electron chi connectivity index (χ4n) is 2.62. The highest BCUT2D eigenvalue weighted by Gasteiger charge is 2.31. The highest BCUT2D eigenvalue weighted by molar-refractivity contribution is 7.17. The molecule has 0 spiro atoms. The maximum atomic E-state index is 12.3. The Balaban J connectivity index is 1.96. The molecule has 1 aromatic carbocycles. The fourth-order valence-corrected chi connectivity index (χ4v) is 3.74. The first kappa shape index (κ1) is 15.7. The van der Waals surface area contributed by atoms with Gasteiger partial charge >= 0.3 is 0 Å². The van der Waals surface area contributed by atoms with Gasteiger partial charge in [0.1, 0.15) is 5.00 Å². The number of fused-ring (bicyclic) bond motifs is 1. The Bertz CT molecular complexity index is 764. The van der Waals surface area contributed by atoms with Crippen LogP contribution in [-0.2, 0) is 17.8 Å². The molecule has 2 aromatic rings. The van der Waals surface area contributed by atoms with E-state index in [2.05, 4.69) is 5.32 Å². The first-order valence-electron chi connectivity index (χ1n) is 7.23. The van der Waals surface area contributed by atoms with Crippen molar-refractivity contribution in [3.05, 3.63) is 51.9 Å². The van der Waals surface area contributed by atoms with Gasteiger partial charge in [0.25, 0.3) is 5.91 Å². The molecule has 0 fully saturated rings. The summed E-state index contributed by atoms with van der Waals surface area (Å²) in [5.74, 6) is -1.62. The molecule has 5 nitrogen and oxygen atoms in total. The fraction of sp³-hybridized carbons (Fsp3) is 0.294. The van der Waals surface area contributed by atoms with Crippen LogP contribution in [0.25, 0.3) is 0 Å². The Morgan fingerprint density at radius 1 is 1.26 bits per heavy atom. The number of amides is 1. The number of benzene rings is 1. The van der Waals surface area contributed by atoms with Crippen LogP contribution in [0, 0.1) is 0 Å². The smallest absolute Gasteiger partial charge is 0.256 e. The van der Waals surface area contributed by atoms with Crippen molar-refractivity contribution in [2.45, 2.75) is 32.5 Å². The number of anilines is 1.